The van der Waals surface area contributed by atoms with Crippen LogP contribution in [0.15, 0.2) is 24.3 Å². The summed E-state index contributed by atoms with van der Waals surface area (Å²) in [6.07, 6.45) is 1.12. The Labute approximate surface area is 122 Å². The second-order valence-corrected chi connectivity index (χ2v) is 8.33. The number of thioether (sulfide) groups is 1. The molecule has 0 radical (unpaired) electrons. The predicted octanol–water partition coefficient (Wildman–Crippen LogP) is 3.92. The van der Waals surface area contributed by atoms with Crippen LogP contribution in [0.2, 0.25) is 0 Å². The minimum atomic E-state index is 0.219. The maximum Gasteiger partial charge on any atom is 0.0550 e. The van der Waals surface area contributed by atoms with Gasteiger partial charge in [0, 0.05) is 10.5 Å². The normalized spacial score (nSPS) is 13.8. The molecule has 0 saturated heterocycles. The average Bonchev–Trinajstić information content (AvgIpc) is 2.28. The maximum atomic E-state index is 5.72. The van der Waals surface area contributed by atoms with Gasteiger partial charge in [-0.3, -0.25) is 11.3 Å². The van der Waals surface area contributed by atoms with Crippen molar-refractivity contribution in [1.29, 1.82) is 0 Å². The Morgan fingerprint density at radius 3 is 2.47 bits per heavy atom. The highest BCUT2D eigenvalue weighted by atomic mass is 32.2. The first-order chi connectivity index (χ1) is 8.81. The van der Waals surface area contributed by atoms with E-state index < -0.39 is 0 Å². The van der Waals surface area contributed by atoms with E-state index in [2.05, 4.69) is 64.3 Å². The lowest BCUT2D eigenvalue weighted by molar-refractivity contribution is 0.603. The van der Waals surface area contributed by atoms with Gasteiger partial charge in [-0.25, -0.2) is 0 Å². The number of hydrazine groups is 1. The molecule has 0 spiro atoms. The number of hydrogen-bond donors (Lipinski definition) is 2. The summed E-state index contributed by atoms with van der Waals surface area (Å²) in [4.78, 5) is 0. The molecule has 3 heteroatoms. The number of benzene rings is 1. The molecular weight excluding hydrogens is 252 g/mol. The lowest BCUT2D eigenvalue weighted by Crippen LogP contribution is -2.31. The number of rotatable bonds is 6. The molecule has 0 amide bonds. The van der Waals surface area contributed by atoms with E-state index >= 15 is 0 Å². The fraction of sp³-hybridized carbons (Fsp3) is 0.625. The van der Waals surface area contributed by atoms with Crippen molar-refractivity contribution in [2.24, 2.45) is 11.8 Å². The highest BCUT2D eigenvalue weighted by molar-refractivity contribution is 8.00. The van der Waals surface area contributed by atoms with Gasteiger partial charge in [-0.1, -0.05) is 58.9 Å². The zero-order valence-electron chi connectivity index (χ0n) is 12.9. The molecule has 1 aromatic carbocycles. The van der Waals surface area contributed by atoms with Crippen LogP contribution in [0.3, 0.4) is 0 Å². The summed E-state index contributed by atoms with van der Waals surface area (Å²) in [5.74, 6) is 7.40. The molecule has 0 aromatic heterocycles. The number of hydrogen-bond acceptors (Lipinski definition) is 3. The standard InChI is InChI=1S/C16H28N2S/c1-12(2)9-13-7-6-8-14(10-13)15(18-17)11-19-16(3,4)5/h6-8,10,12,15,18H,9,11,17H2,1-5H3. The molecule has 1 aromatic rings. The Morgan fingerprint density at radius 1 is 1.26 bits per heavy atom. The molecule has 1 unspecified atom stereocenters. The van der Waals surface area contributed by atoms with Gasteiger partial charge in [-0.15, -0.1) is 0 Å². The van der Waals surface area contributed by atoms with E-state index in [1.165, 1.54) is 11.1 Å². The van der Waals surface area contributed by atoms with Crippen LogP contribution >= 0.6 is 11.8 Å². The van der Waals surface area contributed by atoms with Crippen LogP contribution in [0.4, 0.5) is 0 Å². The first kappa shape index (κ1) is 16.5. The van der Waals surface area contributed by atoms with E-state index in [4.69, 9.17) is 5.84 Å². The third-order valence-corrected chi connectivity index (χ3v) is 4.25. The molecule has 0 aliphatic carbocycles. The Kier molecular flexibility index (Phi) is 6.37. The quantitative estimate of drug-likeness (QED) is 0.612. The molecule has 2 nitrogen and oxygen atoms in total. The van der Waals surface area contributed by atoms with E-state index in [9.17, 15) is 0 Å². The zero-order chi connectivity index (χ0) is 14.5. The number of nitrogens with one attached hydrogen (secondary N) is 1. The van der Waals surface area contributed by atoms with E-state index in [0.717, 1.165) is 12.2 Å². The summed E-state index contributed by atoms with van der Waals surface area (Å²) >= 11 is 1.94. The molecular formula is C16H28N2S. The summed E-state index contributed by atoms with van der Waals surface area (Å²) in [6.45, 7) is 11.2. The lowest BCUT2D eigenvalue weighted by Gasteiger charge is -2.23. The van der Waals surface area contributed by atoms with Gasteiger partial charge in [0.05, 0.1) is 6.04 Å². The molecule has 0 fully saturated rings. The van der Waals surface area contributed by atoms with Crippen molar-refractivity contribution in [2.75, 3.05) is 5.75 Å². The summed E-state index contributed by atoms with van der Waals surface area (Å²) in [6, 6.07) is 9.01. The largest absolute Gasteiger partial charge is 0.271 e. The van der Waals surface area contributed by atoms with Crippen molar-refractivity contribution < 1.29 is 0 Å². The summed E-state index contributed by atoms with van der Waals surface area (Å²) in [5, 5.41) is 0. The molecule has 0 bridgehead atoms. The van der Waals surface area contributed by atoms with Crippen molar-refractivity contribution in [2.45, 2.75) is 51.8 Å². The topological polar surface area (TPSA) is 38.0 Å². The minimum Gasteiger partial charge on any atom is -0.271 e. The van der Waals surface area contributed by atoms with Crippen molar-refractivity contribution in [3.63, 3.8) is 0 Å². The van der Waals surface area contributed by atoms with Crippen LogP contribution in [0.1, 0.15) is 51.8 Å². The van der Waals surface area contributed by atoms with Gasteiger partial charge in [0.2, 0.25) is 0 Å². The van der Waals surface area contributed by atoms with Gasteiger partial charge >= 0.3 is 0 Å². The van der Waals surface area contributed by atoms with Crippen LogP contribution in [-0.2, 0) is 6.42 Å². The van der Waals surface area contributed by atoms with Gasteiger partial charge in [0.1, 0.15) is 0 Å². The monoisotopic (exact) mass is 280 g/mol. The number of nitrogens with two attached hydrogens (primary N) is 1. The highest BCUT2D eigenvalue weighted by Gasteiger charge is 2.16. The first-order valence-electron chi connectivity index (χ1n) is 7.00. The van der Waals surface area contributed by atoms with Crippen LogP contribution < -0.4 is 11.3 Å². The van der Waals surface area contributed by atoms with Crippen LogP contribution in [0, 0.1) is 5.92 Å². The second kappa shape index (κ2) is 7.32. The van der Waals surface area contributed by atoms with Crippen molar-refractivity contribution in [3.8, 4) is 0 Å². The second-order valence-electron chi connectivity index (χ2n) is 6.49. The molecule has 1 atom stereocenters. The Morgan fingerprint density at radius 2 is 1.95 bits per heavy atom. The Bertz CT molecular complexity index is 383. The molecule has 3 N–H and O–H groups in total. The van der Waals surface area contributed by atoms with Gasteiger partial charge in [-0.05, 0) is 23.5 Å². The lowest BCUT2D eigenvalue weighted by atomic mass is 9.99. The van der Waals surface area contributed by atoms with E-state index in [-0.39, 0.29) is 10.8 Å². The van der Waals surface area contributed by atoms with Crippen LogP contribution in [0.25, 0.3) is 0 Å². The fourth-order valence-corrected chi connectivity index (χ4v) is 2.94. The third kappa shape index (κ3) is 6.46. The van der Waals surface area contributed by atoms with Crippen LogP contribution in [0.5, 0.6) is 0 Å². The van der Waals surface area contributed by atoms with Crippen molar-refractivity contribution in [1.82, 2.24) is 5.43 Å². The first-order valence-corrected chi connectivity index (χ1v) is 7.99. The molecule has 0 heterocycles. The predicted molar refractivity (Wildman–Crippen MR) is 87.3 cm³/mol. The van der Waals surface area contributed by atoms with Gasteiger partial charge in [0.25, 0.3) is 0 Å². The van der Waals surface area contributed by atoms with Crippen LogP contribution in [-0.4, -0.2) is 10.5 Å². The summed E-state index contributed by atoms with van der Waals surface area (Å²) < 4.78 is 0.268. The highest BCUT2D eigenvalue weighted by Crippen LogP contribution is 2.28. The molecule has 19 heavy (non-hydrogen) atoms. The minimum absolute atomic E-state index is 0.219. The van der Waals surface area contributed by atoms with Crippen molar-refractivity contribution >= 4 is 11.8 Å². The van der Waals surface area contributed by atoms with Gasteiger partial charge < -0.3 is 0 Å². The smallest absolute Gasteiger partial charge is 0.0550 e. The molecule has 108 valence electrons. The Balaban J connectivity index is 2.75. The Hall–Kier alpha value is -0.510. The maximum absolute atomic E-state index is 5.72. The molecule has 0 saturated carbocycles. The van der Waals surface area contributed by atoms with E-state index in [0.29, 0.717) is 5.92 Å². The molecule has 1 rings (SSSR count). The van der Waals surface area contributed by atoms with E-state index in [1.807, 2.05) is 11.8 Å². The molecule has 0 aliphatic rings. The third-order valence-electron chi connectivity index (χ3n) is 2.88. The fourth-order valence-electron chi connectivity index (χ4n) is 1.98. The van der Waals surface area contributed by atoms with Gasteiger partial charge in [-0.2, -0.15) is 11.8 Å². The molecule has 0 aliphatic heterocycles. The van der Waals surface area contributed by atoms with Crippen molar-refractivity contribution in [3.05, 3.63) is 35.4 Å². The zero-order valence-corrected chi connectivity index (χ0v) is 13.7. The average molecular weight is 280 g/mol. The van der Waals surface area contributed by atoms with E-state index in [1.54, 1.807) is 0 Å². The van der Waals surface area contributed by atoms with Gasteiger partial charge in [0.15, 0.2) is 0 Å². The summed E-state index contributed by atoms with van der Waals surface area (Å²) in [7, 11) is 0. The SMILES string of the molecule is CC(C)Cc1cccc(C(CSC(C)(C)C)NN)c1. The summed E-state index contributed by atoms with van der Waals surface area (Å²) in [5.41, 5.74) is 5.64.